The summed E-state index contributed by atoms with van der Waals surface area (Å²) in [5.41, 5.74) is 1.57. The van der Waals surface area contributed by atoms with Crippen LogP contribution in [0, 0.1) is 5.92 Å². The summed E-state index contributed by atoms with van der Waals surface area (Å²) in [5.74, 6) is 1.63. The van der Waals surface area contributed by atoms with E-state index in [0.717, 1.165) is 44.2 Å². The molecule has 2 saturated carbocycles. The van der Waals surface area contributed by atoms with Gasteiger partial charge in [-0.15, -0.1) is 6.58 Å². The van der Waals surface area contributed by atoms with Crippen LogP contribution >= 0.6 is 0 Å². The number of hydrogen-bond acceptors (Lipinski definition) is 7. The standard InChI is InChI=1S/C32H37N7O3/c1-4-18-38-30(41)25-19-33-31(37-28(25)39(38)27-7-5-6-26(36-27)32(2,3)42)35-24-14-12-21(13-15-24)20-8-10-22(11-9-20)29(40)34-23-16-17-23/h4-7,12-15,19-20,22-23,42H,1,8-11,16-18H2,2-3H3,(H,34,40)(H,33,35,37). The number of carbonyl (C=O) groups excluding carboxylic acids is 1. The molecule has 0 atom stereocenters. The van der Waals surface area contributed by atoms with Crippen LogP contribution in [0.4, 0.5) is 11.6 Å². The summed E-state index contributed by atoms with van der Waals surface area (Å²) in [6.45, 7) is 7.38. The summed E-state index contributed by atoms with van der Waals surface area (Å²) in [5, 5.41) is 17.3. The minimum Gasteiger partial charge on any atom is -0.384 e. The van der Waals surface area contributed by atoms with Crippen LogP contribution in [0.15, 0.2) is 66.1 Å². The lowest BCUT2D eigenvalue weighted by atomic mass is 9.78. The molecular weight excluding hydrogens is 530 g/mol. The predicted octanol–water partition coefficient (Wildman–Crippen LogP) is 4.69. The molecule has 2 aliphatic carbocycles. The second-order valence-electron chi connectivity index (χ2n) is 11.9. The van der Waals surface area contributed by atoms with E-state index in [9.17, 15) is 14.7 Å². The van der Waals surface area contributed by atoms with Crippen molar-refractivity contribution < 1.29 is 9.90 Å². The zero-order valence-electron chi connectivity index (χ0n) is 24.1. The van der Waals surface area contributed by atoms with E-state index in [-0.39, 0.29) is 23.9 Å². The Morgan fingerprint density at radius 1 is 1.07 bits per heavy atom. The molecule has 0 radical (unpaired) electrons. The first-order valence-corrected chi connectivity index (χ1v) is 14.7. The smallest absolute Gasteiger partial charge is 0.278 e. The van der Waals surface area contributed by atoms with Crippen LogP contribution in [0.1, 0.15) is 69.5 Å². The highest BCUT2D eigenvalue weighted by Crippen LogP contribution is 2.37. The van der Waals surface area contributed by atoms with Crippen LogP contribution in [0.3, 0.4) is 0 Å². The first kappa shape index (κ1) is 27.8. The van der Waals surface area contributed by atoms with E-state index in [1.807, 2.05) is 12.1 Å². The summed E-state index contributed by atoms with van der Waals surface area (Å²) >= 11 is 0. The van der Waals surface area contributed by atoms with Gasteiger partial charge in [0.2, 0.25) is 11.9 Å². The molecule has 0 bridgehead atoms. The third-order valence-corrected chi connectivity index (χ3v) is 8.22. The third-order valence-electron chi connectivity index (χ3n) is 8.22. The highest BCUT2D eigenvalue weighted by molar-refractivity contribution is 5.79. The first-order chi connectivity index (χ1) is 20.2. The second-order valence-corrected chi connectivity index (χ2v) is 11.9. The molecule has 0 unspecified atom stereocenters. The molecule has 2 fully saturated rings. The van der Waals surface area contributed by atoms with E-state index in [1.54, 1.807) is 42.8 Å². The molecule has 3 heterocycles. The summed E-state index contributed by atoms with van der Waals surface area (Å²) in [7, 11) is 0. The molecule has 0 spiro atoms. The molecule has 2 aliphatic rings. The van der Waals surface area contributed by atoms with Crippen molar-refractivity contribution in [1.29, 1.82) is 0 Å². The van der Waals surface area contributed by atoms with Crippen LogP contribution in [0.25, 0.3) is 16.9 Å². The Hall–Kier alpha value is -4.31. The van der Waals surface area contributed by atoms with Gasteiger partial charge in [-0.25, -0.2) is 19.3 Å². The van der Waals surface area contributed by atoms with E-state index in [2.05, 4.69) is 39.3 Å². The SMILES string of the molecule is C=CCn1c(=O)c2cnc(Nc3ccc(C4CCC(C(=O)NC5CC5)CC4)cc3)nc2n1-c1cccc(C(C)(C)O)n1. The largest absolute Gasteiger partial charge is 0.384 e. The average molecular weight is 568 g/mol. The van der Waals surface area contributed by atoms with Gasteiger partial charge in [0.05, 0.1) is 12.2 Å². The molecule has 1 amide bonds. The van der Waals surface area contributed by atoms with Gasteiger partial charge in [0.25, 0.3) is 5.56 Å². The first-order valence-electron chi connectivity index (χ1n) is 14.7. The number of rotatable bonds is 9. The number of allylic oxidation sites excluding steroid dienone is 1. The Morgan fingerprint density at radius 3 is 2.48 bits per heavy atom. The Morgan fingerprint density at radius 2 is 1.81 bits per heavy atom. The molecule has 3 aromatic heterocycles. The van der Waals surface area contributed by atoms with Crippen LogP contribution in [-0.4, -0.2) is 41.4 Å². The van der Waals surface area contributed by atoms with Crippen LogP contribution in [-0.2, 0) is 16.9 Å². The number of fused-ring (bicyclic) bond motifs is 1. The quantitative estimate of drug-likeness (QED) is 0.251. The normalized spacial score (nSPS) is 19.0. The molecular formula is C32H37N7O3. The topological polar surface area (TPSA) is 127 Å². The van der Waals surface area contributed by atoms with Gasteiger partial charge in [0.1, 0.15) is 11.0 Å². The van der Waals surface area contributed by atoms with Crippen molar-refractivity contribution in [2.45, 2.75) is 76.5 Å². The highest BCUT2D eigenvalue weighted by Gasteiger charge is 2.31. The van der Waals surface area contributed by atoms with Gasteiger partial charge in [-0.2, -0.15) is 4.98 Å². The van der Waals surface area contributed by atoms with E-state index in [4.69, 9.17) is 4.98 Å². The average Bonchev–Trinajstić information content (AvgIpc) is 3.76. The van der Waals surface area contributed by atoms with Gasteiger partial charge in [-0.1, -0.05) is 24.3 Å². The lowest BCUT2D eigenvalue weighted by molar-refractivity contribution is -0.126. The highest BCUT2D eigenvalue weighted by atomic mass is 16.3. The van der Waals surface area contributed by atoms with E-state index in [1.165, 1.54) is 16.4 Å². The summed E-state index contributed by atoms with van der Waals surface area (Å²) in [4.78, 5) is 39.4. The van der Waals surface area contributed by atoms with Gasteiger partial charge in [0.15, 0.2) is 11.5 Å². The number of anilines is 2. The van der Waals surface area contributed by atoms with Crippen LogP contribution in [0.2, 0.25) is 0 Å². The Balaban J connectivity index is 1.22. The van der Waals surface area contributed by atoms with E-state index >= 15 is 0 Å². The molecule has 3 N–H and O–H groups in total. The number of hydrogen-bond donors (Lipinski definition) is 3. The van der Waals surface area contributed by atoms with Crippen molar-refractivity contribution in [2.75, 3.05) is 5.32 Å². The maximum Gasteiger partial charge on any atom is 0.278 e. The van der Waals surface area contributed by atoms with Crippen molar-refractivity contribution >= 4 is 28.6 Å². The fraction of sp³-hybridized carbons (Fsp3) is 0.406. The number of aliphatic hydroxyl groups is 1. The minimum absolute atomic E-state index is 0.140. The Kier molecular flexibility index (Phi) is 7.40. The molecule has 6 rings (SSSR count). The molecule has 1 aromatic carbocycles. The molecule has 42 heavy (non-hydrogen) atoms. The number of aromatic nitrogens is 5. The number of pyridine rings is 1. The van der Waals surface area contributed by atoms with Gasteiger partial charge in [-0.3, -0.25) is 9.59 Å². The number of nitrogens with one attached hydrogen (secondary N) is 2. The Bertz CT molecular complexity index is 1670. The molecule has 10 nitrogen and oxygen atoms in total. The van der Waals surface area contributed by atoms with Crippen LogP contribution in [0.5, 0.6) is 0 Å². The fourth-order valence-corrected chi connectivity index (χ4v) is 5.69. The number of amides is 1. The second kappa shape index (κ2) is 11.2. The summed E-state index contributed by atoms with van der Waals surface area (Å²) in [6, 6.07) is 14.0. The molecule has 4 aromatic rings. The van der Waals surface area contributed by atoms with E-state index < -0.39 is 5.60 Å². The van der Waals surface area contributed by atoms with Gasteiger partial charge < -0.3 is 15.7 Å². The zero-order valence-corrected chi connectivity index (χ0v) is 24.1. The zero-order chi connectivity index (χ0) is 29.4. The van der Waals surface area contributed by atoms with Crippen molar-refractivity contribution in [3.8, 4) is 5.82 Å². The number of benzene rings is 1. The van der Waals surface area contributed by atoms with Crippen LogP contribution < -0.4 is 16.2 Å². The fourth-order valence-electron chi connectivity index (χ4n) is 5.69. The molecule has 0 saturated heterocycles. The molecule has 218 valence electrons. The predicted molar refractivity (Wildman–Crippen MR) is 162 cm³/mol. The molecule has 0 aliphatic heterocycles. The monoisotopic (exact) mass is 567 g/mol. The maximum absolute atomic E-state index is 13.3. The molecule has 10 heteroatoms. The lowest BCUT2D eigenvalue weighted by Gasteiger charge is -2.28. The van der Waals surface area contributed by atoms with Gasteiger partial charge in [-0.05, 0) is 88.1 Å². The summed E-state index contributed by atoms with van der Waals surface area (Å²) < 4.78 is 3.15. The number of carbonyl (C=O) groups is 1. The van der Waals surface area contributed by atoms with Gasteiger partial charge in [0, 0.05) is 23.8 Å². The van der Waals surface area contributed by atoms with Crippen molar-refractivity contribution in [1.82, 2.24) is 29.6 Å². The van der Waals surface area contributed by atoms with Crippen molar-refractivity contribution in [2.24, 2.45) is 5.92 Å². The van der Waals surface area contributed by atoms with E-state index in [0.29, 0.717) is 40.5 Å². The Labute approximate surface area is 244 Å². The summed E-state index contributed by atoms with van der Waals surface area (Å²) in [6.07, 6.45) is 9.28. The van der Waals surface area contributed by atoms with Crippen molar-refractivity contribution in [3.63, 3.8) is 0 Å². The van der Waals surface area contributed by atoms with Gasteiger partial charge >= 0.3 is 0 Å². The maximum atomic E-state index is 13.3. The minimum atomic E-state index is -1.15. The lowest BCUT2D eigenvalue weighted by Crippen LogP contribution is -2.34. The number of nitrogens with zero attached hydrogens (tertiary/aromatic N) is 5. The van der Waals surface area contributed by atoms with Crippen molar-refractivity contribution in [3.05, 3.63) is 82.9 Å². The third kappa shape index (κ3) is 5.72.